The number of thiazole rings is 1. The van der Waals surface area contributed by atoms with Crippen molar-refractivity contribution in [2.45, 2.75) is 33.1 Å². The highest BCUT2D eigenvalue weighted by molar-refractivity contribution is 7.12. The average Bonchev–Trinajstić information content (AvgIpc) is 2.78. The summed E-state index contributed by atoms with van der Waals surface area (Å²) in [7, 11) is 0. The molecule has 2 nitrogen and oxygen atoms in total. The molecule has 0 aliphatic rings. The molecule has 0 aliphatic carbocycles. The summed E-state index contributed by atoms with van der Waals surface area (Å²) in [5.41, 5.74) is 9.27. The van der Waals surface area contributed by atoms with Crippen LogP contribution >= 0.6 is 11.3 Å². The smallest absolute Gasteiger partial charge is 0.0935 e. The van der Waals surface area contributed by atoms with Crippen LogP contribution in [0.1, 0.15) is 28.8 Å². The summed E-state index contributed by atoms with van der Waals surface area (Å²) in [6.45, 7) is 5.06. The highest BCUT2D eigenvalue weighted by atomic mass is 32.1. The summed E-state index contributed by atoms with van der Waals surface area (Å²) in [6.07, 6.45) is 3.09. The second kappa shape index (κ2) is 6.12. The Kier molecular flexibility index (Phi) is 4.50. The number of benzene rings is 1. The predicted molar refractivity (Wildman–Crippen MR) is 79.0 cm³/mol. The highest BCUT2D eigenvalue weighted by Gasteiger charge is 2.09. The maximum atomic E-state index is 5.54. The van der Waals surface area contributed by atoms with Crippen molar-refractivity contribution in [1.82, 2.24) is 4.98 Å². The van der Waals surface area contributed by atoms with E-state index >= 15 is 0 Å². The number of aryl methyl sites for hydroxylation is 3. The summed E-state index contributed by atoms with van der Waals surface area (Å²) < 4.78 is 0. The van der Waals surface area contributed by atoms with Gasteiger partial charge in [-0.3, -0.25) is 0 Å². The third kappa shape index (κ3) is 2.98. The Morgan fingerprint density at radius 2 is 1.94 bits per heavy atom. The van der Waals surface area contributed by atoms with Crippen molar-refractivity contribution >= 4 is 11.3 Å². The normalized spacial score (nSPS) is 10.8. The first-order valence-corrected chi connectivity index (χ1v) is 7.32. The van der Waals surface area contributed by atoms with Gasteiger partial charge in [0.2, 0.25) is 0 Å². The van der Waals surface area contributed by atoms with Gasteiger partial charge in [-0.05, 0) is 31.9 Å². The van der Waals surface area contributed by atoms with Crippen LogP contribution in [0.2, 0.25) is 0 Å². The van der Waals surface area contributed by atoms with Crippen LogP contribution in [0.4, 0.5) is 0 Å². The molecule has 0 spiro atoms. The fourth-order valence-corrected chi connectivity index (χ4v) is 2.97. The van der Waals surface area contributed by atoms with E-state index in [1.165, 1.54) is 21.0 Å². The zero-order valence-corrected chi connectivity index (χ0v) is 11.9. The minimum absolute atomic E-state index is 0.735. The molecule has 1 heterocycles. The van der Waals surface area contributed by atoms with E-state index in [9.17, 15) is 0 Å². The van der Waals surface area contributed by atoms with Crippen LogP contribution in [-0.2, 0) is 12.8 Å². The van der Waals surface area contributed by atoms with Crippen molar-refractivity contribution < 1.29 is 0 Å². The maximum absolute atomic E-state index is 5.54. The van der Waals surface area contributed by atoms with Gasteiger partial charge in [0.1, 0.15) is 0 Å². The molecule has 0 saturated heterocycles. The van der Waals surface area contributed by atoms with Crippen LogP contribution in [0.5, 0.6) is 0 Å². The highest BCUT2D eigenvalue weighted by Crippen LogP contribution is 2.28. The van der Waals surface area contributed by atoms with Gasteiger partial charge < -0.3 is 5.73 Å². The van der Waals surface area contributed by atoms with Crippen LogP contribution in [0.15, 0.2) is 24.3 Å². The Hall–Kier alpha value is -1.19. The van der Waals surface area contributed by atoms with Crippen LogP contribution in [0, 0.1) is 6.92 Å². The van der Waals surface area contributed by atoms with E-state index in [1.54, 1.807) is 11.3 Å². The lowest BCUT2D eigenvalue weighted by molar-refractivity contribution is 0.826. The van der Waals surface area contributed by atoms with Gasteiger partial charge in [-0.15, -0.1) is 11.3 Å². The van der Waals surface area contributed by atoms with Crippen molar-refractivity contribution in [3.8, 4) is 11.3 Å². The van der Waals surface area contributed by atoms with Gasteiger partial charge in [-0.25, -0.2) is 4.98 Å². The fourth-order valence-electron chi connectivity index (χ4n) is 1.98. The van der Waals surface area contributed by atoms with Gasteiger partial charge >= 0.3 is 0 Å². The van der Waals surface area contributed by atoms with E-state index in [1.807, 2.05) is 0 Å². The summed E-state index contributed by atoms with van der Waals surface area (Å²) in [5.74, 6) is 0. The number of aromatic nitrogens is 1. The van der Waals surface area contributed by atoms with E-state index < -0.39 is 0 Å². The molecule has 0 saturated carbocycles. The van der Waals surface area contributed by atoms with Crippen molar-refractivity contribution in [1.29, 1.82) is 0 Å². The summed E-state index contributed by atoms with van der Waals surface area (Å²) in [5, 5.41) is 1.20. The standard InChI is InChI=1S/C15H20N2S/c1-3-12-6-8-13(9-7-12)15-11(2)18-14(17-15)5-4-10-16/h6-9H,3-5,10,16H2,1-2H3. The van der Waals surface area contributed by atoms with E-state index in [0.29, 0.717) is 0 Å². The largest absolute Gasteiger partial charge is 0.330 e. The molecular formula is C15H20N2S. The lowest BCUT2D eigenvalue weighted by Gasteiger charge is -2.00. The lowest BCUT2D eigenvalue weighted by Crippen LogP contribution is -1.99. The first kappa shape index (κ1) is 13.2. The van der Waals surface area contributed by atoms with E-state index in [-0.39, 0.29) is 0 Å². The molecule has 0 aliphatic heterocycles. The van der Waals surface area contributed by atoms with E-state index in [4.69, 9.17) is 10.7 Å². The molecule has 2 aromatic rings. The predicted octanol–water partition coefficient (Wildman–Crippen LogP) is 3.57. The van der Waals surface area contributed by atoms with Crippen LogP contribution in [0.25, 0.3) is 11.3 Å². The van der Waals surface area contributed by atoms with Crippen molar-refractivity contribution in [3.05, 3.63) is 39.7 Å². The zero-order chi connectivity index (χ0) is 13.0. The molecule has 2 rings (SSSR count). The van der Waals surface area contributed by atoms with Crippen molar-refractivity contribution in [3.63, 3.8) is 0 Å². The van der Waals surface area contributed by atoms with Crippen LogP contribution in [0.3, 0.4) is 0 Å². The first-order valence-electron chi connectivity index (χ1n) is 6.50. The number of hydrogen-bond acceptors (Lipinski definition) is 3. The van der Waals surface area contributed by atoms with Gasteiger partial charge in [0.15, 0.2) is 0 Å². The maximum Gasteiger partial charge on any atom is 0.0935 e. The van der Waals surface area contributed by atoms with E-state index in [0.717, 1.165) is 31.5 Å². The number of nitrogens with zero attached hydrogens (tertiary/aromatic N) is 1. The molecule has 1 aromatic heterocycles. The van der Waals surface area contributed by atoms with Gasteiger partial charge in [0, 0.05) is 16.9 Å². The molecule has 0 unspecified atom stereocenters. The van der Waals surface area contributed by atoms with Crippen LogP contribution in [-0.4, -0.2) is 11.5 Å². The molecule has 18 heavy (non-hydrogen) atoms. The summed E-state index contributed by atoms with van der Waals surface area (Å²) >= 11 is 1.79. The van der Waals surface area contributed by atoms with Gasteiger partial charge in [-0.2, -0.15) is 0 Å². The molecule has 0 fully saturated rings. The van der Waals surface area contributed by atoms with Gasteiger partial charge in [-0.1, -0.05) is 31.2 Å². The number of rotatable bonds is 5. The van der Waals surface area contributed by atoms with Crippen molar-refractivity contribution in [2.24, 2.45) is 5.73 Å². The Morgan fingerprint density at radius 1 is 1.22 bits per heavy atom. The monoisotopic (exact) mass is 260 g/mol. The second-order valence-corrected chi connectivity index (χ2v) is 5.74. The second-order valence-electron chi connectivity index (χ2n) is 4.46. The third-order valence-electron chi connectivity index (χ3n) is 3.07. The molecule has 0 atom stereocenters. The van der Waals surface area contributed by atoms with Crippen molar-refractivity contribution in [2.75, 3.05) is 6.54 Å². The minimum atomic E-state index is 0.735. The quantitative estimate of drug-likeness (QED) is 0.892. The van der Waals surface area contributed by atoms with Gasteiger partial charge in [0.25, 0.3) is 0 Å². The molecule has 0 amide bonds. The Bertz CT molecular complexity index is 500. The van der Waals surface area contributed by atoms with E-state index in [2.05, 4.69) is 38.1 Å². The molecule has 0 bridgehead atoms. The molecule has 96 valence electrons. The Labute approximate surface area is 113 Å². The zero-order valence-electron chi connectivity index (χ0n) is 11.1. The summed E-state index contributed by atoms with van der Waals surface area (Å²) in [4.78, 5) is 6.03. The molecular weight excluding hydrogens is 240 g/mol. The van der Waals surface area contributed by atoms with Crippen LogP contribution < -0.4 is 5.73 Å². The Morgan fingerprint density at radius 3 is 2.56 bits per heavy atom. The third-order valence-corrected chi connectivity index (χ3v) is 4.10. The van der Waals surface area contributed by atoms with Gasteiger partial charge in [0.05, 0.1) is 10.7 Å². The molecule has 0 radical (unpaired) electrons. The minimum Gasteiger partial charge on any atom is -0.330 e. The molecule has 1 aromatic carbocycles. The molecule has 2 N–H and O–H groups in total. The molecule has 3 heteroatoms. The lowest BCUT2D eigenvalue weighted by atomic mass is 10.1. The Balaban J connectivity index is 2.23. The fraction of sp³-hybridized carbons (Fsp3) is 0.400. The average molecular weight is 260 g/mol. The number of nitrogens with two attached hydrogens (primary N) is 1. The first-order chi connectivity index (χ1) is 8.74. The summed E-state index contributed by atoms with van der Waals surface area (Å²) in [6, 6.07) is 8.72. The topological polar surface area (TPSA) is 38.9 Å². The number of hydrogen-bond donors (Lipinski definition) is 1. The SMILES string of the molecule is CCc1ccc(-c2nc(CCCN)sc2C)cc1.